The second kappa shape index (κ2) is 5.47. The summed E-state index contributed by atoms with van der Waals surface area (Å²) in [5.41, 5.74) is -1.22. The van der Waals surface area contributed by atoms with Gasteiger partial charge in [0.05, 0.1) is 0 Å². The van der Waals surface area contributed by atoms with Gasteiger partial charge in [0.2, 0.25) is 0 Å². The van der Waals surface area contributed by atoms with Crippen molar-refractivity contribution < 1.29 is 18.0 Å². The monoisotopic (exact) mass is 313 g/mol. The van der Waals surface area contributed by atoms with Gasteiger partial charge in [-0.1, -0.05) is 0 Å². The van der Waals surface area contributed by atoms with E-state index in [4.69, 9.17) is 0 Å². The number of hydrogen-bond acceptors (Lipinski definition) is 3. The number of aromatic amines is 2. The first-order valence-corrected chi connectivity index (χ1v) is 6.86. The highest BCUT2D eigenvalue weighted by atomic mass is 19.4. The normalized spacial score (nSPS) is 17.0. The van der Waals surface area contributed by atoms with Crippen LogP contribution in [-0.4, -0.2) is 44.1 Å². The Labute approximate surface area is 123 Å². The zero-order valence-electron chi connectivity index (χ0n) is 11.5. The first-order valence-electron chi connectivity index (χ1n) is 6.86. The standard InChI is InChI=1S/C13H14F3N5O/c14-13(15,16)10-7-9(19-20-10)12(22)21-5-1-8(2-6-21)11-17-3-4-18-11/h3-4,7-8H,1-2,5-6H2,(H,17,18)(H,19,20). The van der Waals surface area contributed by atoms with Crippen molar-refractivity contribution in [2.24, 2.45) is 0 Å². The number of H-pyrrole nitrogens is 2. The number of likely N-dealkylation sites (tertiary alicyclic amines) is 1. The van der Waals surface area contributed by atoms with Crippen molar-refractivity contribution in [2.75, 3.05) is 13.1 Å². The number of hydrogen-bond donors (Lipinski definition) is 2. The summed E-state index contributed by atoms with van der Waals surface area (Å²) in [6, 6.07) is 0.751. The fraction of sp³-hybridized carbons (Fsp3) is 0.462. The summed E-state index contributed by atoms with van der Waals surface area (Å²) >= 11 is 0. The summed E-state index contributed by atoms with van der Waals surface area (Å²) in [7, 11) is 0. The third-order valence-corrected chi connectivity index (χ3v) is 3.79. The van der Waals surface area contributed by atoms with E-state index in [1.165, 1.54) is 4.90 Å². The van der Waals surface area contributed by atoms with Crippen LogP contribution in [0.4, 0.5) is 13.2 Å². The van der Waals surface area contributed by atoms with Crippen molar-refractivity contribution in [3.63, 3.8) is 0 Å². The minimum atomic E-state index is -4.53. The lowest BCUT2D eigenvalue weighted by Crippen LogP contribution is -2.38. The third kappa shape index (κ3) is 2.83. The van der Waals surface area contributed by atoms with Crippen molar-refractivity contribution in [1.29, 1.82) is 0 Å². The molecular weight excluding hydrogens is 299 g/mol. The maximum Gasteiger partial charge on any atom is 0.432 e. The highest BCUT2D eigenvalue weighted by Crippen LogP contribution is 2.29. The summed E-state index contributed by atoms with van der Waals surface area (Å²) in [4.78, 5) is 21.0. The van der Waals surface area contributed by atoms with Crippen LogP contribution in [0.15, 0.2) is 18.5 Å². The molecule has 1 aliphatic heterocycles. The molecule has 3 rings (SSSR count). The van der Waals surface area contributed by atoms with Crippen LogP contribution < -0.4 is 0 Å². The van der Waals surface area contributed by atoms with Gasteiger partial charge in [0.15, 0.2) is 5.69 Å². The number of aromatic nitrogens is 4. The molecule has 1 aliphatic rings. The van der Waals surface area contributed by atoms with E-state index in [9.17, 15) is 18.0 Å². The summed E-state index contributed by atoms with van der Waals surface area (Å²) in [5, 5.41) is 5.33. The van der Waals surface area contributed by atoms with Crippen molar-refractivity contribution in [1.82, 2.24) is 25.1 Å². The van der Waals surface area contributed by atoms with E-state index in [0.717, 1.165) is 24.7 Å². The van der Waals surface area contributed by atoms with Crippen LogP contribution in [-0.2, 0) is 6.18 Å². The molecule has 0 bridgehead atoms. The molecule has 0 saturated carbocycles. The van der Waals surface area contributed by atoms with Gasteiger partial charge in [-0.2, -0.15) is 18.3 Å². The van der Waals surface area contributed by atoms with Gasteiger partial charge in [-0.05, 0) is 12.8 Å². The molecule has 0 spiro atoms. The van der Waals surface area contributed by atoms with Crippen LogP contribution >= 0.6 is 0 Å². The number of carbonyl (C=O) groups is 1. The van der Waals surface area contributed by atoms with Gasteiger partial charge < -0.3 is 9.88 Å². The van der Waals surface area contributed by atoms with Crippen molar-refractivity contribution >= 4 is 5.91 Å². The number of imidazole rings is 1. The van der Waals surface area contributed by atoms with Crippen LogP contribution in [0.3, 0.4) is 0 Å². The number of rotatable bonds is 2. The van der Waals surface area contributed by atoms with Gasteiger partial charge in [0.25, 0.3) is 5.91 Å². The maximum absolute atomic E-state index is 12.5. The van der Waals surface area contributed by atoms with Gasteiger partial charge >= 0.3 is 6.18 Å². The van der Waals surface area contributed by atoms with Crippen LogP contribution in [0, 0.1) is 0 Å². The van der Waals surface area contributed by atoms with Crippen LogP contribution in [0.2, 0.25) is 0 Å². The largest absolute Gasteiger partial charge is 0.432 e. The van der Waals surface area contributed by atoms with Crippen molar-refractivity contribution in [2.45, 2.75) is 24.9 Å². The molecular formula is C13H14F3N5O. The number of alkyl halides is 3. The highest BCUT2D eigenvalue weighted by Gasteiger charge is 2.35. The van der Waals surface area contributed by atoms with E-state index in [-0.39, 0.29) is 11.6 Å². The molecule has 6 nitrogen and oxygen atoms in total. The minimum absolute atomic E-state index is 0.205. The lowest BCUT2D eigenvalue weighted by Gasteiger charge is -2.30. The Morgan fingerprint density at radius 3 is 2.59 bits per heavy atom. The molecule has 22 heavy (non-hydrogen) atoms. The van der Waals surface area contributed by atoms with Crippen molar-refractivity contribution in [3.8, 4) is 0 Å². The second-order valence-electron chi connectivity index (χ2n) is 5.21. The topological polar surface area (TPSA) is 77.7 Å². The first-order chi connectivity index (χ1) is 10.4. The second-order valence-corrected chi connectivity index (χ2v) is 5.21. The predicted molar refractivity (Wildman–Crippen MR) is 70.1 cm³/mol. The molecule has 2 aromatic heterocycles. The molecule has 1 fully saturated rings. The Bertz CT molecular complexity index is 641. The molecule has 0 unspecified atom stereocenters. The molecule has 0 atom stereocenters. The number of nitrogens with zero attached hydrogens (tertiary/aromatic N) is 3. The Morgan fingerprint density at radius 1 is 1.32 bits per heavy atom. The van der Waals surface area contributed by atoms with Gasteiger partial charge in [-0.15, -0.1) is 0 Å². The zero-order valence-corrected chi connectivity index (χ0v) is 11.5. The quantitative estimate of drug-likeness (QED) is 0.892. The summed E-state index contributed by atoms with van der Waals surface area (Å²) in [6.45, 7) is 0.941. The Balaban J connectivity index is 1.63. The van der Waals surface area contributed by atoms with Gasteiger partial charge in [0.1, 0.15) is 11.5 Å². The third-order valence-electron chi connectivity index (χ3n) is 3.79. The maximum atomic E-state index is 12.5. The summed E-state index contributed by atoms with van der Waals surface area (Å²) < 4.78 is 37.5. The molecule has 0 aromatic carbocycles. The summed E-state index contributed by atoms with van der Waals surface area (Å²) in [5.74, 6) is 0.639. The van der Waals surface area contributed by atoms with E-state index in [0.29, 0.717) is 13.1 Å². The lowest BCUT2D eigenvalue weighted by atomic mass is 9.96. The average Bonchev–Trinajstić information content (AvgIpc) is 3.17. The van der Waals surface area contributed by atoms with Crippen LogP contribution in [0.1, 0.15) is 40.8 Å². The van der Waals surface area contributed by atoms with Crippen LogP contribution in [0.5, 0.6) is 0 Å². The Hall–Kier alpha value is -2.32. The van der Waals surface area contributed by atoms with Crippen LogP contribution in [0.25, 0.3) is 0 Å². The first kappa shape index (κ1) is 14.6. The SMILES string of the molecule is O=C(c1cc(C(F)(F)F)[nH]n1)N1CCC(c2ncc[nH]2)CC1. The van der Waals surface area contributed by atoms with Gasteiger partial charge in [-0.3, -0.25) is 9.89 Å². The van der Waals surface area contributed by atoms with E-state index in [2.05, 4.69) is 15.1 Å². The van der Waals surface area contributed by atoms with Gasteiger partial charge in [-0.25, -0.2) is 4.98 Å². The van der Waals surface area contributed by atoms with Crippen molar-refractivity contribution in [3.05, 3.63) is 35.7 Å². The number of carbonyl (C=O) groups excluding carboxylic acids is 1. The smallest absolute Gasteiger partial charge is 0.348 e. The molecule has 2 N–H and O–H groups in total. The van der Waals surface area contributed by atoms with E-state index in [1.807, 2.05) is 5.10 Å². The molecule has 1 amide bonds. The molecule has 0 radical (unpaired) electrons. The zero-order chi connectivity index (χ0) is 15.7. The number of nitrogens with one attached hydrogen (secondary N) is 2. The number of piperidine rings is 1. The molecule has 1 saturated heterocycles. The molecule has 0 aliphatic carbocycles. The van der Waals surface area contributed by atoms with E-state index >= 15 is 0 Å². The highest BCUT2D eigenvalue weighted by molar-refractivity contribution is 5.92. The number of halogens is 3. The average molecular weight is 313 g/mol. The molecule has 2 aromatic rings. The molecule has 118 valence electrons. The molecule has 9 heteroatoms. The fourth-order valence-electron chi connectivity index (χ4n) is 2.60. The Morgan fingerprint density at radius 2 is 2.05 bits per heavy atom. The summed E-state index contributed by atoms with van der Waals surface area (Å²) in [6.07, 6.45) is 0.327. The molecule has 3 heterocycles. The fourth-order valence-corrected chi connectivity index (χ4v) is 2.60. The minimum Gasteiger partial charge on any atom is -0.348 e. The van der Waals surface area contributed by atoms with E-state index in [1.54, 1.807) is 12.4 Å². The number of amides is 1. The lowest BCUT2D eigenvalue weighted by molar-refractivity contribution is -0.141. The predicted octanol–water partition coefficient (Wildman–Crippen LogP) is 2.17. The van der Waals surface area contributed by atoms with Gasteiger partial charge in [0, 0.05) is 37.5 Å². The Kier molecular flexibility index (Phi) is 3.63. The van der Waals surface area contributed by atoms with E-state index < -0.39 is 17.8 Å².